The van der Waals surface area contributed by atoms with Crippen molar-refractivity contribution < 1.29 is 9.18 Å². The average Bonchev–Trinajstić information content (AvgIpc) is 3.24. The first-order valence-corrected chi connectivity index (χ1v) is 10.4. The lowest BCUT2D eigenvalue weighted by Gasteiger charge is -2.21. The smallest absolute Gasteiger partial charge is 0.261 e. The van der Waals surface area contributed by atoms with Gasteiger partial charge in [0.05, 0.1) is 5.56 Å². The summed E-state index contributed by atoms with van der Waals surface area (Å²) < 4.78 is 13.5. The second-order valence-corrected chi connectivity index (χ2v) is 8.37. The van der Waals surface area contributed by atoms with Crippen LogP contribution < -0.4 is 10.6 Å². The van der Waals surface area contributed by atoms with Gasteiger partial charge in [0, 0.05) is 17.3 Å². The summed E-state index contributed by atoms with van der Waals surface area (Å²) >= 11 is 1.32. The first kappa shape index (κ1) is 20.6. The standard InChI is InChI=1S/C23H20FN5OS/c1-23(2,15-8-4-3-5-9-15)21-28-29-22(31-21)27-20(30)18-12-7-13-25-19(18)26-17-11-6-10-16(24)14-17/h3-14H,1-2H3,(H,25,26)(H,27,29,30). The maximum absolute atomic E-state index is 13.5. The third-order valence-corrected chi connectivity index (χ3v) is 5.98. The molecule has 2 aromatic heterocycles. The van der Waals surface area contributed by atoms with Gasteiger partial charge >= 0.3 is 0 Å². The van der Waals surface area contributed by atoms with Crippen LogP contribution in [0.1, 0.15) is 34.8 Å². The minimum absolute atomic E-state index is 0.311. The number of rotatable bonds is 6. The highest BCUT2D eigenvalue weighted by atomic mass is 32.1. The van der Waals surface area contributed by atoms with Crippen molar-refractivity contribution in [2.75, 3.05) is 10.6 Å². The van der Waals surface area contributed by atoms with E-state index in [2.05, 4.69) is 39.7 Å². The summed E-state index contributed by atoms with van der Waals surface area (Å²) in [6.07, 6.45) is 1.56. The molecule has 156 valence electrons. The van der Waals surface area contributed by atoms with Crippen molar-refractivity contribution in [1.82, 2.24) is 15.2 Å². The van der Waals surface area contributed by atoms with Gasteiger partial charge in [-0.1, -0.05) is 47.7 Å². The summed E-state index contributed by atoms with van der Waals surface area (Å²) in [5.74, 6) is -0.443. The fourth-order valence-corrected chi connectivity index (χ4v) is 3.92. The number of hydrogen-bond donors (Lipinski definition) is 2. The molecule has 2 aromatic carbocycles. The number of pyridine rings is 1. The van der Waals surface area contributed by atoms with E-state index in [1.54, 1.807) is 30.5 Å². The van der Waals surface area contributed by atoms with Crippen molar-refractivity contribution in [1.29, 1.82) is 0 Å². The summed E-state index contributed by atoms with van der Waals surface area (Å²) in [6.45, 7) is 4.13. The van der Waals surface area contributed by atoms with Crippen LogP contribution in [0.15, 0.2) is 72.9 Å². The van der Waals surface area contributed by atoms with Crippen molar-refractivity contribution >= 4 is 33.9 Å². The average molecular weight is 434 g/mol. The Kier molecular flexibility index (Phi) is 5.73. The van der Waals surface area contributed by atoms with E-state index in [0.29, 0.717) is 22.2 Å². The molecule has 0 bridgehead atoms. The minimum Gasteiger partial charge on any atom is -0.339 e. The number of halogens is 1. The number of carbonyl (C=O) groups excluding carboxylic acids is 1. The molecule has 0 fully saturated rings. The molecule has 0 aliphatic carbocycles. The third-order valence-electron chi connectivity index (χ3n) is 4.82. The number of aromatic nitrogens is 3. The molecule has 31 heavy (non-hydrogen) atoms. The molecular weight excluding hydrogens is 413 g/mol. The van der Waals surface area contributed by atoms with E-state index >= 15 is 0 Å². The molecular formula is C23H20FN5OS. The van der Waals surface area contributed by atoms with Gasteiger partial charge in [-0.05, 0) is 49.7 Å². The summed E-state index contributed by atoms with van der Waals surface area (Å²) in [5, 5.41) is 15.4. The first-order chi connectivity index (χ1) is 14.9. The normalized spacial score (nSPS) is 11.2. The zero-order valence-electron chi connectivity index (χ0n) is 17.0. The molecule has 0 aliphatic rings. The van der Waals surface area contributed by atoms with Crippen molar-refractivity contribution in [3.05, 3.63) is 94.9 Å². The monoisotopic (exact) mass is 433 g/mol. The van der Waals surface area contributed by atoms with Crippen LogP contribution in [0.4, 0.5) is 21.0 Å². The van der Waals surface area contributed by atoms with Gasteiger partial charge in [0.2, 0.25) is 5.13 Å². The lowest BCUT2D eigenvalue weighted by atomic mass is 9.85. The van der Waals surface area contributed by atoms with Gasteiger partial charge < -0.3 is 5.32 Å². The van der Waals surface area contributed by atoms with E-state index in [1.807, 2.05) is 30.3 Å². The summed E-state index contributed by atoms with van der Waals surface area (Å²) in [5.41, 5.74) is 1.57. The fraction of sp³-hybridized carbons (Fsp3) is 0.130. The van der Waals surface area contributed by atoms with Gasteiger partial charge in [-0.15, -0.1) is 10.2 Å². The SMILES string of the molecule is CC(C)(c1ccccc1)c1nnc(NC(=O)c2cccnc2Nc2cccc(F)c2)s1. The number of amides is 1. The second kappa shape index (κ2) is 8.61. The van der Waals surface area contributed by atoms with Crippen molar-refractivity contribution in [2.45, 2.75) is 19.3 Å². The Morgan fingerprint density at radius 3 is 2.58 bits per heavy atom. The van der Waals surface area contributed by atoms with Gasteiger partial charge in [0.15, 0.2) is 0 Å². The first-order valence-electron chi connectivity index (χ1n) is 9.62. The van der Waals surface area contributed by atoms with E-state index < -0.39 is 0 Å². The predicted octanol–water partition coefficient (Wildman–Crippen LogP) is 5.39. The van der Waals surface area contributed by atoms with Crippen molar-refractivity contribution in [3.8, 4) is 0 Å². The Morgan fingerprint density at radius 2 is 1.81 bits per heavy atom. The van der Waals surface area contributed by atoms with E-state index in [-0.39, 0.29) is 17.1 Å². The molecule has 0 saturated heterocycles. The zero-order valence-corrected chi connectivity index (χ0v) is 17.8. The largest absolute Gasteiger partial charge is 0.339 e. The highest BCUT2D eigenvalue weighted by Gasteiger charge is 2.28. The predicted molar refractivity (Wildman–Crippen MR) is 120 cm³/mol. The number of hydrogen-bond acceptors (Lipinski definition) is 6. The molecule has 0 radical (unpaired) electrons. The molecule has 0 spiro atoms. The summed E-state index contributed by atoms with van der Waals surface area (Å²) in [6, 6.07) is 19.3. The van der Waals surface area contributed by atoms with Gasteiger partial charge in [0.25, 0.3) is 5.91 Å². The zero-order chi connectivity index (χ0) is 21.8. The Balaban J connectivity index is 1.54. The molecule has 4 rings (SSSR count). The van der Waals surface area contributed by atoms with Gasteiger partial charge in [-0.2, -0.15) is 0 Å². The molecule has 1 amide bonds. The molecule has 2 heterocycles. The number of nitrogens with zero attached hydrogens (tertiary/aromatic N) is 3. The molecule has 8 heteroatoms. The summed E-state index contributed by atoms with van der Waals surface area (Å²) in [7, 11) is 0. The van der Waals surface area contributed by atoms with E-state index in [0.717, 1.165) is 10.6 Å². The van der Waals surface area contributed by atoms with Crippen LogP contribution >= 0.6 is 11.3 Å². The van der Waals surface area contributed by atoms with Gasteiger partial charge in [-0.25, -0.2) is 9.37 Å². The van der Waals surface area contributed by atoms with E-state index in [1.165, 1.54) is 23.5 Å². The Labute approximate surface area is 183 Å². The molecule has 2 N–H and O–H groups in total. The second-order valence-electron chi connectivity index (χ2n) is 7.39. The quantitative estimate of drug-likeness (QED) is 0.426. The van der Waals surface area contributed by atoms with Crippen LogP contribution in [-0.4, -0.2) is 21.1 Å². The maximum Gasteiger partial charge on any atom is 0.261 e. The van der Waals surface area contributed by atoms with Gasteiger partial charge in [-0.3, -0.25) is 10.1 Å². The highest BCUT2D eigenvalue weighted by Crippen LogP contribution is 2.34. The molecule has 0 unspecified atom stereocenters. The van der Waals surface area contributed by atoms with E-state index in [9.17, 15) is 9.18 Å². The Bertz CT molecular complexity index is 1210. The maximum atomic E-state index is 13.5. The number of nitrogens with one attached hydrogen (secondary N) is 2. The van der Waals surface area contributed by atoms with Crippen LogP contribution in [0.3, 0.4) is 0 Å². The number of carbonyl (C=O) groups is 1. The lowest BCUT2D eigenvalue weighted by molar-refractivity contribution is 0.102. The number of anilines is 3. The van der Waals surface area contributed by atoms with Crippen LogP contribution in [0, 0.1) is 5.82 Å². The Hall–Kier alpha value is -3.65. The third kappa shape index (κ3) is 4.59. The molecule has 0 aliphatic heterocycles. The van der Waals surface area contributed by atoms with Crippen molar-refractivity contribution in [3.63, 3.8) is 0 Å². The summed E-state index contributed by atoms with van der Waals surface area (Å²) in [4.78, 5) is 17.1. The molecule has 0 saturated carbocycles. The van der Waals surface area contributed by atoms with Crippen LogP contribution in [0.25, 0.3) is 0 Å². The van der Waals surface area contributed by atoms with Crippen LogP contribution in [0.2, 0.25) is 0 Å². The van der Waals surface area contributed by atoms with Gasteiger partial charge in [0.1, 0.15) is 16.6 Å². The van der Waals surface area contributed by atoms with Crippen LogP contribution in [0.5, 0.6) is 0 Å². The topological polar surface area (TPSA) is 79.8 Å². The minimum atomic E-state index is -0.382. The lowest BCUT2D eigenvalue weighted by Crippen LogP contribution is -2.18. The van der Waals surface area contributed by atoms with E-state index in [4.69, 9.17) is 0 Å². The Morgan fingerprint density at radius 1 is 1.00 bits per heavy atom. The van der Waals surface area contributed by atoms with Crippen molar-refractivity contribution in [2.24, 2.45) is 0 Å². The molecule has 6 nitrogen and oxygen atoms in total. The van der Waals surface area contributed by atoms with Crippen LogP contribution in [-0.2, 0) is 5.41 Å². The molecule has 0 atom stereocenters. The fourth-order valence-electron chi connectivity index (χ4n) is 3.06. The highest BCUT2D eigenvalue weighted by molar-refractivity contribution is 7.15. The molecule has 4 aromatic rings. The number of benzene rings is 2.